The number of hydrogen-bond donors (Lipinski definition) is 2. The summed E-state index contributed by atoms with van der Waals surface area (Å²) in [6.45, 7) is 1.95. The number of nitriles is 1. The molecule has 0 aliphatic carbocycles. The van der Waals surface area contributed by atoms with Crippen LogP contribution in [-0.4, -0.2) is 17.3 Å². The quantitative estimate of drug-likeness (QED) is 0.386. The highest BCUT2D eigenvalue weighted by atomic mass is 32.2. The first-order valence-electron chi connectivity index (χ1n) is 7.37. The number of rotatable bonds is 4. The van der Waals surface area contributed by atoms with Gasteiger partial charge in [-0.1, -0.05) is 42.1 Å². The zero-order valence-corrected chi connectivity index (χ0v) is 14.3. The van der Waals surface area contributed by atoms with E-state index in [4.69, 9.17) is 5.26 Å². The predicted octanol–water partition coefficient (Wildman–Crippen LogP) is 3.60. The fourth-order valence-electron chi connectivity index (χ4n) is 2.08. The SMILES string of the molecule is CSC(=Nc1ccc(C(=O)NC(C)c2ccccc2)cc1)NC#N. The summed E-state index contributed by atoms with van der Waals surface area (Å²) in [4.78, 5) is 16.6. The van der Waals surface area contributed by atoms with Gasteiger partial charge in [0.25, 0.3) is 5.91 Å². The summed E-state index contributed by atoms with van der Waals surface area (Å²) in [5.41, 5.74) is 2.30. The van der Waals surface area contributed by atoms with Gasteiger partial charge in [0.05, 0.1) is 11.7 Å². The van der Waals surface area contributed by atoms with Crippen molar-refractivity contribution in [2.75, 3.05) is 6.26 Å². The molecule has 0 saturated heterocycles. The van der Waals surface area contributed by atoms with Crippen LogP contribution in [-0.2, 0) is 0 Å². The summed E-state index contributed by atoms with van der Waals surface area (Å²) in [6, 6.07) is 16.7. The highest BCUT2D eigenvalue weighted by molar-refractivity contribution is 8.13. The van der Waals surface area contributed by atoms with Crippen molar-refractivity contribution in [3.63, 3.8) is 0 Å². The van der Waals surface area contributed by atoms with Gasteiger partial charge in [-0.15, -0.1) is 0 Å². The van der Waals surface area contributed by atoms with Crippen LogP contribution in [0.4, 0.5) is 5.69 Å². The van der Waals surface area contributed by atoms with Gasteiger partial charge < -0.3 is 5.32 Å². The molecule has 0 fully saturated rings. The van der Waals surface area contributed by atoms with E-state index in [0.29, 0.717) is 16.4 Å². The Labute approximate surface area is 145 Å². The van der Waals surface area contributed by atoms with Crippen LogP contribution in [0.5, 0.6) is 0 Å². The van der Waals surface area contributed by atoms with Crippen molar-refractivity contribution < 1.29 is 4.79 Å². The van der Waals surface area contributed by atoms with E-state index in [9.17, 15) is 4.79 Å². The zero-order chi connectivity index (χ0) is 17.4. The number of aliphatic imine (C=N–C) groups is 1. The second kappa shape index (κ2) is 8.75. The topological polar surface area (TPSA) is 77.3 Å². The first-order chi connectivity index (χ1) is 11.6. The molecule has 0 radical (unpaired) electrons. The van der Waals surface area contributed by atoms with E-state index in [0.717, 1.165) is 5.56 Å². The Bertz CT molecular complexity index is 751. The molecule has 2 aromatic carbocycles. The van der Waals surface area contributed by atoms with Gasteiger partial charge in [-0.3, -0.25) is 10.1 Å². The molecule has 122 valence electrons. The van der Waals surface area contributed by atoms with E-state index in [1.165, 1.54) is 11.8 Å². The molecule has 2 rings (SSSR count). The van der Waals surface area contributed by atoms with E-state index in [-0.39, 0.29) is 11.9 Å². The molecule has 0 saturated carbocycles. The summed E-state index contributed by atoms with van der Waals surface area (Å²) in [7, 11) is 0. The Hall–Kier alpha value is -2.78. The van der Waals surface area contributed by atoms with Gasteiger partial charge in [0.1, 0.15) is 0 Å². The maximum atomic E-state index is 12.3. The Kier molecular flexibility index (Phi) is 6.41. The van der Waals surface area contributed by atoms with Crippen molar-refractivity contribution in [3.05, 3.63) is 65.7 Å². The van der Waals surface area contributed by atoms with Gasteiger partial charge in [0.2, 0.25) is 0 Å². The van der Waals surface area contributed by atoms with Crippen LogP contribution >= 0.6 is 11.8 Å². The molecule has 0 aliphatic heterocycles. The van der Waals surface area contributed by atoms with Crippen molar-refractivity contribution in [1.29, 1.82) is 5.26 Å². The number of carbonyl (C=O) groups excluding carboxylic acids is 1. The highest BCUT2D eigenvalue weighted by Gasteiger charge is 2.11. The fourth-order valence-corrected chi connectivity index (χ4v) is 2.43. The molecule has 5 nitrogen and oxygen atoms in total. The van der Waals surface area contributed by atoms with E-state index < -0.39 is 0 Å². The minimum Gasteiger partial charge on any atom is -0.346 e. The van der Waals surface area contributed by atoms with Crippen LogP contribution in [0.25, 0.3) is 0 Å². The Morgan fingerprint density at radius 1 is 1.17 bits per heavy atom. The number of carbonyl (C=O) groups is 1. The monoisotopic (exact) mass is 338 g/mol. The maximum absolute atomic E-state index is 12.3. The molecule has 0 bridgehead atoms. The zero-order valence-electron chi connectivity index (χ0n) is 13.5. The lowest BCUT2D eigenvalue weighted by molar-refractivity contribution is 0.0940. The Balaban J connectivity index is 2.05. The molecule has 2 N–H and O–H groups in total. The molecule has 0 aliphatic rings. The molecule has 0 spiro atoms. The summed E-state index contributed by atoms with van der Waals surface area (Å²) >= 11 is 1.34. The lowest BCUT2D eigenvalue weighted by Crippen LogP contribution is -2.26. The van der Waals surface area contributed by atoms with Crippen LogP contribution in [0.15, 0.2) is 59.6 Å². The minimum atomic E-state index is -0.137. The van der Waals surface area contributed by atoms with Crippen LogP contribution in [0.1, 0.15) is 28.9 Å². The lowest BCUT2D eigenvalue weighted by atomic mass is 10.1. The summed E-state index contributed by atoms with van der Waals surface area (Å²) < 4.78 is 0. The molecular weight excluding hydrogens is 320 g/mol. The van der Waals surface area contributed by atoms with Crippen LogP contribution in [0.3, 0.4) is 0 Å². The molecule has 2 aromatic rings. The number of benzene rings is 2. The normalized spacial score (nSPS) is 12.1. The van der Waals surface area contributed by atoms with Crippen molar-refractivity contribution in [2.45, 2.75) is 13.0 Å². The molecule has 1 unspecified atom stereocenters. The molecule has 0 aromatic heterocycles. The van der Waals surface area contributed by atoms with E-state index >= 15 is 0 Å². The average molecular weight is 338 g/mol. The van der Waals surface area contributed by atoms with E-state index in [1.807, 2.05) is 49.7 Å². The van der Waals surface area contributed by atoms with Gasteiger partial charge in [0, 0.05) is 5.56 Å². The summed E-state index contributed by atoms with van der Waals surface area (Å²) in [5, 5.41) is 14.6. The standard InChI is InChI=1S/C18H18N4OS/c1-13(14-6-4-3-5-7-14)21-17(23)15-8-10-16(11-9-15)22-18(24-2)20-12-19/h3-11,13H,1-2H3,(H,20,22)(H,21,23). The van der Waals surface area contributed by atoms with E-state index in [1.54, 1.807) is 24.3 Å². The summed E-state index contributed by atoms with van der Waals surface area (Å²) in [6.07, 6.45) is 3.67. The summed E-state index contributed by atoms with van der Waals surface area (Å²) in [5.74, 6) is -0.137. The lowest BCUT2D eigenvalue weighted by Gasteiger charge is -2.14. The molecule has 0 heterocycles. The molecular formula is C18H18N4OS. The minimum absolute atomic E-state index is 0.0701. The third-order valence-corrected chi connectivity index (χ3v) is 3.94. The molecule has 1 amide bonds. The van der Waals surface area contributed by atoms with E-state index in [2.05, 4.69) is 15.6 Å². The fraction of sp³-hybridized carbons (Fsp3) is 0.167. The first-order valence-corrected chi connectivity index (χ1v) is 8.60. The van der Waals surface area contributed by atoms with Gasteiger partial charge in [-0.2, -0.15) is 5.26 Å². The van der Waals surface area contributed by atoms with Gasteiger partial charge in [-0.25, -0.2) is 4.99 Å². The second-order valence-electron chi connectivity index (χ2n) is 5.01. The van der Waals surface area contributed by atoms with Crippen molar-refractivity contribution in [2.24, 2.45) is 4.99 Å². The maximum Gasteiger partial charge on any atom is 0.251 e. The van der Waals surface area contributed by atoms with Crippen molar-refractivity contribution in [3.8, 4) is 6.19 Å². The smallest absolute Gasteiger partial charge is 0.251 e. The van der Waals surface area contributed by atoms with Gasteiger partial charge in [-0.05, 0) is 43.0 Å². The van der Waals surface area contributed by atoms with Crippen LogP contribution in [0.2, 0.25) is 0 Å². The highest BCUT2D eigenvalue weighted by Crippen LogP contribution is 2.16. The van der Waals surface area contributed by atoms with Gasteiger partial charge in [0.15, 0.2) is 11.4 Å². The number of hydrogen-bond acceptors (Lipinski definition) is 4. The van der Waals surface area contributed by atoms with Crippen molar-refractivity contribution >= 4 is 28.5 Å². The van der Waals surface area contributed by atoms with Crippen LogP contribution in [0, 0.1) is 11.5 Å². The Morgan fingerprint density at radius 3 is 2.42 bits per heavy atom. The molecule has 24 heavy (non-hydrogen) atoms. The number of nitrogens with zero attached hydrogens (tertiary/aromatic N) is 2. The number of amidine groups is 1. The largest absolute Gasteiger partial charge is 0.346 e. The number of nitrogens with one attached hydrogen (secondary N) is 2. The number of amides is 1. The third-order valence-electron chi connectivity index (χ3n) is 3.36. The van der Waals surface area contributed by atoms with Crippen LogP contribution < -0.4 is 10.6 Å². The van der Waals surface area contributed by atoms with Crippen molar-refractivity contribution in [1.82, 2.24) is 10.6 Å². The average Bonchev–Trinajstić information content (AvgIpc) is 2.62. The Morgan fingerprint density at radius 2 is 1.83 bits per heavy atom. The van der Waals surface area contributed by atoms with Gasteiger partial charge >= 0.3 is 0 Å². The predicted molar refractivity (Wildman–Crippen MR) is 98.1 cm³/mol. The second-order valence-corrected chi connectivity index (χ2v) is 5.81. The molecule has 1 atom stereocenters. The first kappa shape index (κ1) is 17.6. The molecule has 6 heteroatoms. The third kappa shape index (κ3) is 4.86. The number of thioether (sulfide) groups is 1.